The quantitative estimate of drug-likeness (QED) is 0.662. The van der Waals surface area contributed by atoms with Gasteiger partial charge in [-0.15, -0.1) is 0 Å². The molecule has 3 aliphatic rings. The Morgan fingerprint density at radius 3 is 2.58 bits per heavy atom. The van der Waals surface area contributed by atoms with Crippen LogP contribution in [0.5, 0.6) is 0 Å². The third-order valence-corrected chi connectivity index (χ3v) is 6.91. The number of aryl methyl sites for hydroxylation is 1. The molecule has 2 aromatic rings. The molecule has 3 fully saturated rings. The number of aliphatic hydroxyl groups is 1. The van der Waals surface area contributed by atoms with Gasteiger partial charge in [0.2, 0.25) is 5.91 Å². The summed E-state index contributed by atoms with van der Waals surface area (Å²) in [7, 11) is 1.27. The predicted molar refractivity (Wildman–Crippen MR) is 96.3 cm³/mol. The molecule has 5 rings (SSSR count). The van der Waals surface area contributed by atoms with Crippen LogP contribution >= 0.6 is 0 Å². The van der Waals surface area contributed by atoms with Crippen LogP contribution in [0.2, 0.25) is 0 Å². The van der Waals surface area contributed by atoms with Crippen molar-refractivity contribution in [1.29, 1.82) is 0 Å². The lowest BCUT2D eigenvalue weighted by atomic mass is 9.73. The van der Waals surface area contributed by atoms with Gasteiger partial charge in [-0.25, -0.2) is 4.39 Å². The molecule has 1 aromatic heterocycles. The largest absolute Gasteiger partial charge is 0.435 e. The van der Waals surface area contributed by atoms with Crippen LogP contribution in [-0.4, -0.2) is 39.1 Å². The summed E-state index contributed by atoms with van der Waals surface area (Å²) in [5.74, 6) is -2.11. The number of nitrogens with one attached hydrogen (secondary N) is 1. The van der Waals surface area contributed by atoms with Crippen LogP contribution < -0.4 is 5.32 Å². The summed E-state index contributed by atoms with van der Waals surface area (Å²) in [5.41, 5.74) is -6.77. The molecule has 13 heteroatoms. The van der Waals surface area contributed by atoms with Crippen LogP contribution in [0.15, 0.2) is 24.4 Å². The van der Waals surface area contributed by atoms with Gasteiger partial charge in [0.15, 0.2) is 5.69 Å². The average Bonchev–Trinajstić information content (AvgIpc) is 2.92. The number of anilines is 1. The van der Waals surface area contributed by atoms with E-state index in [1.165, 1.54) is 7.05 Å². The van der Waals surface area contributed by atoms with Crippen molar-refractivity contribution in [3.05, 3.63) is 47.0 Å². The zero-order valence-electron chi connectivity index (χ0n) is 16.8. The van der Waals surface area contributed by atoms with E-state index in [-0.39, 0.29) is 18.4 Å². The number of hydrogen-bond donors (Lipinski definition) is 2. The number of fused-ring (bicyclic) bond motifs is 5. The Labute approximate surface area is 181 Å². The fourth-order valence-corrected chi connectivity index (χ4v) is 5.55. The monoisotopic (exact) mass is 479 g/mol. The summed E-state index contributed by atoms with van der Waals surface area (Å²) in [5, 5.41) is 15.9. The Bertz CT molecular complexity index is 1160. The maximum absolute atomic E-state index is 14.2. The fourth-order valence-electron chi connectivity index (χ4n) is 5.55. The topological polar surface area (TPSA) is 76.4 Å². The number of aliphatic hydroxyl groups excluding tert-OH is 1. The summed E-state index contributed by atoms with van der Waals surface area (Å²) >= 11 is 0. The molecule has 1 amide bonds. The van der Waals surface area contributed by atoms with E-state index in [9.17, 15) is 40.6 Å². The molecule has 1 aromatic carbocycles. The van der Waals surface area contributed by atoms with Crippen molar-refractivity contribution in [3.8, 4) is 0 Å². The van der Waals surface area contributed by atoms with Gasteiger partial charge in [0.1, 0.15) is 5.82 Å². The lowest BCUT2D eigenvalue weighted by Crippen LogP contribution is -2.45. The summed E-state index contributed by atoms with van der Waals surface area (Å²) in [6.07, 6.45) is -12.1. The number of ether oxygens (including phenoxy) is 1. The molecular weight excluding hydrogens is 463 g/mol. The second-order valence-electron chi connectivity index (χ2n) is 8.68. The van der Waals surface area contributed by atoms with Gasteiger partial charge in [-0.2, -0.15) is 31.4 Å². The third-order valence-electron chi connectivity index (χ3n) is 6.91. The smallest absolute Gasteiger partial charge is 0.390 e. The standard InChI is InChI=1S/C20H16F7N3O3/c1-30-6-9(14(29-30)20(25,26)27)17-7-18(17,13-5-12(31)15(17)33-13)16(32)28-11-4-8(19(22,23)24)2-3-10(11)21/h2-4,6,12-13,15,31H,5,7H2,1H3,(H,28,32). The van der Waals surface area contributed by atoms with E-state index in [0.29, 0.717) is 18.2 Å². The Morgan fingerprint density at radius 2 is 1.94 bits per heavy atom. The molecule has 178 valence electrons. The summed E-state index contributed by atoms with van der Waals surface area (Å²) in [6, 6.07) is 1.47. The van der Waals surface area contributed by atoms with Crippen molar-refractivity contribution in [3.63, 3.8) is 0 Å². The zero-order valence-corrected chi connectivity index (χ0v) is 16.8. The fraction of sp³-hybridized carbons (Fsp3) is 0.500. The minimum atomic E-state index is -4.86. The number of amides is 1. The van der Waals surface area contributed by atoms with E-state index in [1.54, 1.807) is 0 Å². The summed E-state index contributed by atoms with van der Waals surface area (Å²) in [6.45, 7) is 0. The number of aromatic nitrogens is 2. The van der Waals surface area contributed by atoms with E-state index in [1.807, 2.05) is 0 Å². The van der Waals surface area contributed by atoms with Gasteiger partial charge in [0.05, 0.1) is 35.0 Å². The van der Waals surface area contributed by atoms with Crippen molar-refractivity contribution in [2.75, 3.05) is 5.32 Å². The van der Waals surface area contributed by atoms with Gasteiger partial charge >= 0.3 is 12.4 Å². The van der Waals surface area contributed by atoms with E-state index in [2.05, 4.69) is 10.4 Å². The Balaban J connectivity index is 1.57. The number of rotatable bonds is 3. The molecule has 3 heterocycles. The van der Waals surface area contributed by atoms with Gasteiger partial charge in [-0.1, -0.05) is 0 Å². The van der Waals surface area contributed by atoms with Crippen LogP contribution in [0.3, 0.4) is 0 Å². The molecule has 0 spiro atoms. The third kappa shape index (κ3) is 2.87. The molecule has 33 heavy (non-hydrogen) atoms. The molecule has 0 radical (unpaired) electrons. The molecule has 5 atom stereocenters. The Morgan fingerprint density at radius 1 is 1.24 bits per heavy atom. The molecule has 6 nitrogen and oxygen atoms in total. The second kappa shape index (κ2) is 6.47. The highest BCUT2D eigenvalue weighted by Gasteiger charge is 2.88. The van der Waals surface area contributed by atoms with Crippen LogP contribution in [0.1, 0.15) is 29.7 Å². The highest BCUT2D eigenvalue weighted by atomic mass is 19.4. The summed E-state index contributed by atoms with van der Waals surface area (Å²) in [4.78, 5) is 13.3. The van der Waals surface area contributed by atoms with E-state index >= 15 is 0 Å². The van der Waals surface area contributed by atoms with Crippen molar-refractivity contribution < 1.29 is 45.4 Å². The zero-order chi connectivity index (χ0) is 24.1. The van der Waals surface area contributed by atoms with Crippen molar-refractivity contribution >= 4 is 11.6 Å². The number of halogens is 7. The number of alkyl halides is 6. The van der Waals surface area contributed by atoms with Crippen LogP contribution in [0, 0.1) is 11.2 Å². The highest BCUT2D eigenvalue weighted by Crippen LogP contribution is 2.78. The summed E-state index contributed by atoms with van der Waals surface area (Å²) < 4.78 is 101. The maximum Gasteiger partial charge on any atom is 0.435 e. The molecule has 1 saturated carbocycles. The SMILES string of the molecule is Cn1cc(C23CC2(C(=O)Nc2cc(C(F)(F)F)ccc2F)C2CC(O)C3O2)c(C(F)(F)F)n1. The van der Waals surface area contributed by atoms with E-state index in [4.69, 9.17) is 4.74 Å². The Hall–Kier alpha value is -2.67. The average molecular weight is 479 g/mol. The van der Waals surface area contributed by atoms with Gasteiger partial charge in [0.25, 0.3) is 0 Å². The van der Waals surface area contributed by atoms with Gasteiger partial charge < -0.3 is 15.2 Å². The lowest BCUT2D eigenvalue weighted by Gasteiger charge is -2.29. The minimum absolute atomic E-state index is 0.0491. The first-order chi connectivity index (χ1) is 15.2. The molecule has 2 aliphatic heterocycles. The minimum Gasteiger partial charge on any atom is -0.390 e. The molecule has 2 N–H and O–H groups in total. The number of benzene rings is 1. The van der Waals surface area contributed by atoms with Crippen molar-refractivity contribution in [2.45, 2.75) is 48.9 Å². The van der Waals surface area contributed by atoms with E-state index < -0.39 is 70.2 Å². The molecular formula is C20H16F7N3O3. The first-order valence-electron chi connectivity index (χ1n) is 9.85. The molecule has 2 bridgehead atoms. The molecule has 2 saturated heterocycles. The number of nitrogens with zero attached hydrogens (tertiary/aromatic N) is 2. The van der Waals surface area contributed by atoms with Crippen LogP contribution in [0.25, 0.3) is 0 Å². The van der Waals surface area contributed by atoms with Gasteiger partial charge in [-0.3, -0.25) is 9.48 Å². The lowest BCUT2D eigenvalue weighted by molar-refractivity contribution is -0.143. The second-order valence-corrected chi connectivity index (χ2v) is 8.68. The van der Waals surface area contributed by atoms with Crippen molar-refractivity contribution in [1.82, 2.24) is 9.78 Å². The number of carbonyl (C=O) groups is 1. The Kier molecular flexibility index (Phi) is 4.34. The maximum atomic E-state index is 14.2. The van der Waals surface area contributed by atoms with Crippen LogP contribution in [-0.2, 0) is 34.3 Å². The van der Waals surface area contributed by atoms with Gasteiger partial charge in [0, 0.05) is 30.6 Å². The van der Waals surface area contributed by atoms with Crippen molar-refractivity contribution in [2.24, 2.45) is 12.5 Å². The number of carbonyl (C=O) groups excluding carboxylic acids is 1. The number of hydrogen-bond acceptors (Lipinski definition) is 4. The van der Waals surface area contributed by atoms with Crippen LogP contribution in [0.4, 0.5) is 36.4 Å². The molecule has 5 unspecified atom stereocenters. The normalized spacial score (nSPS) is 32.7. The predicted octanol–water partition coefficient (Wildman–Crippen LogP) is 3.40. The molecule has 1 aliphatic carbocycles. The van der Waals surface area contributed by atoms with Gasteiger partial charge in [-0.05, 0) is 24.6 Å². The first kappa shape index (κ1) is 22.1. The first-order valence-corrected chi connectivity index (χ1v) is 9.85. The van der Waals surface area contributed by atoms with E-state index in [0.717, 1.165) is 10.9 Å². The highest BCUT2D eigenvalue weighted by molar-refractivity contribution is 6.01.